The first-order valence-corrected chi connectivity index (χ1v) is 6.03. The highest BCUT2D eigenvalue weighted by atomic mass is 19.2. The van der Waals surface area contributed by atoms with E-state index in [4.69, 9.17) is 9.47 Å². The highest BCUT2D eigenvalue weighted by Crippen LogP contribution is 2.38. The second kappa shape index (κ2) is 6.05. The van der Waals surface area contributed by atoms with Crippen LogP contribution in [0.5, 0.6) is 11.5 Å². The van der Waals surface area contributed by atoms with Crippen LogP contribution in [0.2, 0.25) is 0 Å². The Morgan fingerprint density at radius 2 is 1.43 bits per heavy atom. The van der Waals surface area contributed by atoms with Crippen LogP contribution in [0.1, 0.15) is 17.2 Å². The fourth-order valence-corrected chi connectivity index (χ4v) is 2.05. The molecule has 0 heterocycles. The van der Waals surface area contributed by atoms with Crippen LogP contribution in [-0.2, 0) is 0 Å². The molecule has 0 spiro atoms. The molecular weight excluding hydrogens is 285 g/mol. The van der Waals surface area contributed by atoms with Gasteiger partial charge in [0.05, 0.1) is 19.8 Å². The number of benzene rings is 2. The maximum absolute atomic E-state index is 13.8. The minimum atomic E-state index is -1.56. The van der Waals surface area contributed by atoms with Crippen LogP contribution in [0, 0.1) is 17.5 Å². The largest absolute Gasteiger partial charge is 0.496 e. The van der Waals surface area contributed by atoms with E-state index in [-0.39, 0.29) is 17.1 Å². The smallest absolute Gasteiger partial charge is 0.161 e. The molecule has 0 aliphatic heterocycles. The first kappa shape index (κ1) is 15.2. The lowest BCUT2D eigenvalue weighted by Crippen LogP contribution is -2.08. The third kappa shape index (κ3) is 2.80. The monoisotopic (exact) mass is 298 g/mol. The Balaban J connectivity index is 2.59. The minimum absolute atomic E-state index is 0.132. The van der Waals surface area contributed by atoms with E-state index in [1.807, 2.05) is 0 Å². The van der Waals surface area contributed by atoms with Crippen molar-refractivity contribution >= 4 is 0 Å². The Morgan fingerprint density at radius 1 is 0.905 bits per heavy atom. The van der Waals surface area contributed by atoms with Crippen molar-refractivity contribution < 1.29 is 27.8 Å². The van der Waals surface area contributed by atoms with Gasteiger partial charge in [0.25, 0.3) is 0 Å². The molecule has 3 nitrogen and oxygen atoms in total. The zero-order valence-electron chi connectivity index (χ0n) is 11.4. The molecule has 0 radical (unpaired) electrons. The van der Waals surface area contributed by atoms with Crippen LogP contribution in [0.25, 0.3) is 0 Å². The standard InChI is InChI=1S/C15H13F3O3/c1-20-12-4-3-5-13(21-2)14(12)15(19)8-6-10(17)11(18)7-9(8)16/h3-7,15,19H,1-2H3. The molecule has 2 aromatic rings. The minimum Gasteiger partial charge on any atom is -0.496 e. The van der Waals surface area contributed by atoms with E-state index >= 15 is 0 Å². The highest BCUT2D eigenvalue weighted by molar-refractivity contribution is 5.49. The molecule has 0 bridgehead atoms. The molecule has 1 unspecified atom stereocenters. The number of rotatable bonds is 4. The molecule has 21 heavy (non-hydrogen) atoms. The second-order valence-corrected chi connectivity index (χ2v) is 4.27. The van der Waals surface area contributed by atoms with E-state index in [9.17, 15) is 18.3 Å². The van der Waals surface area contributed by atoms with Crippen molar-refractivity contribution in [2.75, 3.05) is 14.2 Å². The number of methoxy groups -OCH3 is 2. The van der Waals surface area contributed by atoms with Crippen LogP contribution in [0.4, 0.5) is 13.2 Å². The van der Waals surface area contributed by atoms with Crippen molar-refractivity contribution in [1.29, 1.82) is 0 Å². The van der Waals surface area contributed by atoms with Crippen LogP contribution < -0.4 is 9.47 Å². The first-order chi connectivity index (χ1) is 9.99. The van der Waals surface area contributed by atoms with Gasteiger partial charge in [0.1, 0.15) is 23.4 Å². The summed E-state index contributed by atoms with van der Waals surface area (Å²) < 4.78 is 50.2. The molecule has 0 fully saturated rings. The Hall–Kier alpha value is -2.21. The first-order valence-electron chi connectivity index (χ1n) is 6.03. The van der Waals surface area contributed by atoms with Gasteiger partial charge < -0.3 is 14.6 Å². The van der Waals surface area contributed by atoms with Gasteiger partial charge in [-0.05, 0) is 18.2 Å². The molecule has 0 amide bonds. The van der Waals surface area contributed by atoms with Crippen molar-refractivity contribution in [3.05, 3.63) is 58.9 Å². The number of hydrogen-bond donors (Lipinski definition) is 1. The number of aliphatic hydroxyl groups excluding tert-OH is 1. The van der Waals surface area contributed by atoms with Crippen molar-refractivity contribution in [3.8, 4) is 11.5 Å². The Bertz CT molecular complexity index is 637. The van der Waals surface area contributed by atoms with Gasteiger partial charge in [-0.1, -0.05) is 6.07 Å². The molecule has 112 valence electrons. The number of ether oxygens (including phenoxy) is 2. The van der Waals surface area contributed by atoms with E-state index < -0.39 is 29.1 Å². The number of aliphatic hydroxyl groups is 1. The lowest BCUT2D eigenvalue weighted by molar-refractivity contribution is 0.203. The second-order valence-electron chi connectivity index (χ2n) is 4.27. The van der Waals surface area contributed by atoms with Gasteiger partial charge in [-0.15, -0.1) is 0 Å². The molecule has 0 saturated carbocycles. The van der Waals surface area contributed by atoms with Crippen molar-refractivity contribution in [1.82, 2.24) is 0 Å². The van der Waals surface area contributed by atoms with Gasteiger partial charge in [0.2, 0.25) is 0 Å². The lowest BCUT2D eigenvalue weighted by Gasteiger charge is -2.19. The summed E-state index contributed by atoms with van der Waals surface area (Å²) in [6, 6.07) is 5.70. The molecule has 0 aromatic heterocycles. The molecule has 2 aromatic carbocycles. The zero-order valence-corrected chi connectivity index (χ0v) is 11.4. The Labute approximate surface area is 119 Å². The van der Waals surface area contributed by atoms with E-state index in [2.05, 4.69) is 0 Å². The third-order valence-corrected chi connectivity index (χ3v) is 3.07. The summed E-state index contributed by atoms with van der Waals surface area (Å²) in [6.45, 7) is 0. The summed E-state index contributed by atoms with van der Waals surface area (Å²) in [5, 5.41) is 10.3. The van der Waals surface area contributed by atoms with Gasteiger partial charge in [-0.2, -0.15) is 0 Å². The zero-order chi connectivity index (χ0) is 15.6. The molecule has 1 atom stereocenters. The maximum atomic E-state index is 13.8. The average Bonchev–Trinajstić information content (AvgIpc) is 2.49. The van der Waals surface area contributed by atoms with Crippen molar-refractivity contribution in [2.45, 2.75) is 6.10 Å². The predicted molar refractivity (Wildman–Crippen MR) is 69.9 cm³/mol. The molecule has 6 heteroatoms. The fraction of sp³-hybridized carbons (Fsp3) is 0.200. The van der Waals surface area contributed by atoms with Gasteiger partial charge in [0, 0.05) is 11.6 Å². The summed E-state index contributed by atoms with van der Waals surface area (Å²) in [7, 11) is 2.74. The maximum Gasteiger partial charge on any atom is 0.161 e. The quantitative estimate of drug-likeness (QED) is 0.881. The molecule has 2 rings (SSSR count). The summed E-state index contributed by atoms with van der Waals surface area (Å²) in [5.41, 5.74) is -0.274. The number of hydrogen-bond acceptors (Lipinski definition) is 3. The molecule has 0 saturated heterocycles. The third-order valence-electron chi connectivity index (χ3n) is 3.07. The lowest BCUT2D eigenvalue weighted by atomic mass is 9.99. The Kier molecular flexibility index (Phi) is 4.37. The van der Waals surface area contributed by atoms with Crippen LogP contribution in [0.3, 0.4) is 0 Å². The van der Waals surface area contributed by atoms with Crippen LogP contribution in [-0.4, -0.2) is 19.3 Å². The summed E-state index contributed by atoms with van der Waals surface area (Å²) in [4.78, 5) is 0. The highest BCUT2D eigenvalue weighted by Gasteiger charge is 2.24. The van der Waals surface area contributed by atoms with Crippen LogP contribution in [0.15, 0.2) is 30.3 Å². The van der Waals surface area contributed by atoms with Gasteiger partial charge in [-0.25, -0.2) is 13.2 Å². The van der Waals surface area contributed by atoms with Gasteiger partial charge in [0.15, 0.2) is 11.6 Å². The fourth-order valence-electron chi connectivity index (χ4n) is 2.05. The molecule has 1 N–H and O–H groups in total. The SMILES string of the molecule is COc1cccc(OC)c1C(O)c1cc(F)c(F)cc1F. The van der Waals surface area contributed by atoms with Crippen molar-refractivity contribution in [2.24, 2.45) is 0 Å². The van der Waals surface area contributed by atoms with Gasteiger partial charge >= 0.3 is 0 Å². The van der Waals surface area contributed by atoms with E-state index in [1.54, 1.807) is 18.2 Å². The Morgan fingerprint density at radius 3 is 1.95 bits per heavy atom. The van der Waals surface area contributed by atoms with Gasteiger partial charge in [-0.3, -0.25) is 0 Å². The molecule has 0 aliphatic carbocycles. The molecule has 0 aliphatic rings. The summed E-state index contributed by atoms with van der Waals surface area (Å²) in [6.07, 6.45) is -1.56. The normalized spacial score (nSPS) is 12.1. The molecular formula is C15H13F3O3. The summed E-state index contributed by atoms with van der Waals surface area (Å²) in [5.74, 6) is -3.15. The van der Waals surface area contributed by atoms with E-state index in [1.165, 1.54) is 14.2 Å². The predicted octanol–water partition coefficient (Wildman–Crippen LogP) is 3.20. The number of halogens is 3. The van der Waals surface area contributed by atoms with Crippen LogP contribution >= 0.6 is 0 Å². The van der Waals surface area contributed by atoms with E-state index in [0.29, 0.717) is 12.1 Å². The van der Waals surface area contributed by atoms with E-state index in [0.717, 1.165) is 0 Å². The average molecular weight is 298 g/mol. The summed E-state index contributed by atoms with van der Waals surface area (Å²) >= 11 is 0. The van der Waals surface area contributed by atoms with Crippen molar-refractivity contribution in [3.63, 3.8) is 0 Å². The topological polar surface area (TPSA) is 38.7 Å².